The zero-order valence-corrected chi connectivity index (χ0v) is 18.7. The zero-order valence-electron chi connectivity index (χ0n) is 17.9. The third kappa shape index (κ3) is 3.75. The van der Waals surface area contributed by atoms with Crippen molar-refractivity contribution in [3.8, 4) is 17.6 Å². The fourth-order valence-electron chi connectivity index (χ4n) is 3.77. The van der Waals surface area contributed by atoms with E-state index in [9.17, 15) is 10.1 Å². The van der Waals surface area contributed by atoms with Crippen LogP contribution in [0.15, 0.2) is 58.7 Å². The number of nitrogens with two attached hydrogens (primary N) is 1. The van der Waals surface area contributed by atoms with Gasteiger partial charge in [0.15, 0.2) is 17.1 Å². The van der Waals surface area contributed by atoms with Gasteiger partial charge in [0.25, 0.3) is 0 Å². The SMILES string of the molecule is CCOC(=O)C1=C(CSc2ncnc3nc[nH]c23)OC(N)=C(C#N)[C@H]1c1ccc2c(c1)OCO2. The van der Waals surface area contributed by atoms with Crippen LogP contribution in [-0.4, -0.2) is 45.1 Å². The molecule has 0 bridgehead atoms. The van der Waals surface area contributed by atoms with E-state index in [0.29, 0.717) is 33.3 Å². The van der Waals surface area contributed by atoms with Gasteiger partial charge in [0.2, 0.25) is 12.7 Å². The number of nitriles is 1. The molecule has 3 N–H and O–H groups in total. The van der Waals surface area contributed by atoms with E-state index in [-0.39, 0.29) is 41.9 Å². The Balaban J connectivity index is 1.58. The summed E-state index contributed by atoms with van der Waals surface area (Å²) >= 11 is 1.31. The fraction of sp³-hybridized carbons (Fsp3) is 0.227. The Morgan fingerprint density at radius 1 is 1.32 bits per heavy atom. The molecule has 2 aromatic heterocycles. The van der Waals surface area contributed by atoms with Crippen molar-refractivity contribution in [2.45, 2.75) is 17.9 Å². The van der Waals surface area contributed by atoms with Gasteiger partial charge in [-0.1, -0.05) is 17.8 Å². The number of ether oxygens (including phenoxy) is 4. The first-order valence-electron chi connectivity index (χ1n) is 10.2. The van der Waals surface area contributed by atoms with Gasteiger partial charge >= 0.3 is 5.97 Å². The Kier molecular flexibility index (Phi) is 5.69. The number of nitrogens with zero attached hydrogens (tertiary/aromatic N) is 4. The molecule has 1 atom stereocenters. The third-order valence-electron chi connectivity index (χ3n) is 5.25. The number of aromatic nitrogens is 4. The lowest BCUT2D eigenvalue weighted by Gasteiger charge is -2.28. The second-order valence-electron chi connectivity index (χ2n) is 7.16. The number of imidazole rings is 1. The maximum absolute atomic E-state index is 13.1. The predicted molar refractivity (Wildman–Crippen MR) is 119 cm³/mol. The molecule has 34 heavy (non-hydrogen) atoms. The first kappa shape index (κ1) is 21.6. The largest absolute Gasteiger partial charge is 0.463 e. The summed E-state index contributed by atoms with van der Waals surface area (Å²) in [5.74, 6) is 0.0744. The molecule has 11 nitrogen and oxygen atoms in total. The molecule has 172 valence electrons. The maximum Gasteiger partial charge on any atom is 0.338 e. The second kappa shape index (κ2) is 8.95. The highest BCUT2D eigenvalue weighted by Gasteiger charge is 2.38. The summed E-state index contributed by atoms with van der Waals surface area (Å²) in [6, 6.07) is 7.30. The molecule has 0 amide bonds. The lowest BCUT2D eigenvalue weighted by Crippen LogP contribution is -2.27. The molecule has 12 heteroatoms. The van der Waals surface area contributed by atoms with Gasteiger partial charge in [0, 0.05) is 0 Å². The normalized spacial score (nSPS) is 17.0. The highest BCUT2D eigenvalue weighted by Crippen LogP contribution is 2.44. The van der Waals surface area contributed by atoms with Crippen LogP contribution in [-0.2, 0) is 14.3 Å². The van der Waals surface area contributed by atoms with Crippen LogP contribution in [0.25, 0.3) is 11.2 Å². The number of nitrogens with one attached hydrogen (secondary N) is 1. The highest BCUT2D eigenvalue weighted by molar-refractivity contribution is 7.99. The van der Waals surface area contributed by atoms with Crippen molar-refractivity contribution in [2.24, 2.45) is 5.73 Å². The van der Waals surface area contributed by atoms with Crippen LogP contribution in [0.3, 0.4) is 0 Å². The van der Waals surface area contributed by atoms with E-state index < -0.39 is 11.9 Å². The molecular formula is C22H18N6O5S. The van der Waals surface area contributed by atoms with Gasteiger partial charge in [0.1, 0.15) is 34.3 Å². The number of benzene rings is 1. The standard InChI is InChI=1S/C22H18N6O5S/c1-2-30-22(29)17-15(7-34-21-18-20(26-8-25-18)27-9-28-21)33-19(24)12(6-23)16(17)11-3-4-13-14(5-11)32-10-31-13/h3-5,8-9,16H,2,7,10,24H2,1H3,(H,25,26,27,28)/t16-/m1/s1. The predicted octanol–water partition coefficient (Wildman–Crippen LogP) is 2.50. The van der Waals surface area contributed by atoms with Gasteiger partial charge in [-0.05, 0) is 24.6 Å². The molecular weight excluding hydrogens is 460 g/mol. The van der Waals surface area contributed by atoms with Gasteiger partial charge in [-0.2, -0.15) is 5.26 Å². The number of H-pyrrole nitrogens is 1. The fourth-order valence-corrected chi connectivity index (χ4v) is 4.67. The second-order valence-corrected chi connectivity index (χ2v) is 8.13. The molecule has 5 rings (SSSR count). The molecule has 3 aromatic rings. The molecule has 2 aliphatic heterocycles. The maximum atomic E-state index is 13.1. The van der Waals surface area contributed by atoms with Crippen LogP contribution >= 0.6 is 11.8 Å². The molecule has 0 fully saturated rings. The summed E-state index contributed by atoms with van der Waals surface area (Å²) in [6.45, 7) is 1.95. The van der Waals surface area contributed by atoms with Crippen LogP contribution in [0, 0.1) is 11.3 Å². The average molecular weight is 478 g/mol. The highest BCUT2D eigenvalue weighted by atomic mass is 32.2. The molecule has 0 radical (unpaired) electrons. The number of hydrogen-bond donors (Lipinski definition) is 2. The summed E-state index contributed by atoms with van der Waals surface area (Å²) < 4.78 is 22.0. The van der Waals surface area contributed by atoms with Gasteiger partial charge in [-0.25, -0.2) is 19.7 Å². The van der Waals surface area contributed by atoms with Crippen LogP contribution in [0.5, 0.6) is 11.5 Å². The minimum absolute atomic E-state index is 0.0804. The molecule has 4 heterocycles. The van der Waals surface area contributed by atoms with Crippen LogP contribution in [0.4, 0.5) is 0 Å². The van der Waals surface area contributed by atoms with Crippen molar-refractivity contribution >= 4 is 28.9 Å². The number of thioether (sulfide) groups is 1. The lowest BCUT2D eigenvalue weighted by molar-refractivity contribution is -0.139. The van der Waals surface area contributed by atoms with Gasteiger partial charge in [-0.15, -0.1) is 0 Å². The van der Waals surface area contributed by atoms with Crippen molar-refractivity contribution in [2.75, 3.05) is 19.2 Å². The first-order chi connectivity index (χ1) is 16.6. The average Bonchev–Trinajstić information content (AvgIpc) is 3.51. The van der Waals surface area contributed by atoms with E-state index in [4.69, 9.17) is 24.7 Å². The van der Waals surface area contributed by atoms with Gasteiger partial charge < -0.3 is 29.7 Å². The monoisotopic (exact) mass is 478 g/mol. The summed E-state index contributed by atoms with van der Waals surface area (Å²) in [6.07, 6.45) is 2.94. The molecule has 1 aromatic carbocycles. The molecule has 0 saturated heterocycles. The Morgan fingerprint density at radius 3 is 3.00 bits per heavy atom. The number of esters is 1. The van der Waals surface area contributed by atoms with Gasteiger partial charge in [0.05, 0.1) is 30.2 Å². The molecule has 2 aliphatic rings. The zero-order chi connectivity index (χ0) is 23.7. The molecule has 0 aliphatic carbocycles. The number of aromatic amines is 1. The Bertz CT molecular complexity index is 1390. The van der Waals surface area contributed by atoms with E-state index in [2.05, 4.69) is 26.0 Å². The number of carbonyl (C=O) groups is 1. The summed E-state index contributed by atoms with van der Waals surface area (Å²) in [7, 11) is 0. The van der Waals surface area contributed by atoms with E-state index in [1.807, 2.05) is 0 Å². The van der Waals surface area contributed by atoms with E-state index in [1.165, 1.54) is 24.4 Å². The van der Waals surface area contributed by atoms with Crippen molar-refractivity contribution in [3.05, 3.63) is 59.2 Å². The molecule has 0 saturated carbocycles. The van der Waals surface area contributed by atoms with Crippen molar-refractivity contribution < 1.29 is 23.7 Å². The lowest BCUT2D eigenvalue weighted by atomic mass is 9.83. The Labute approximate surface area is 197 Å². The number of rotatable bonds is 6. The summed E-state index contributed by atoms with van der Waals surface area (Å²) in [4.78, 5) is 28.7. The van der Waals surface area contributed by atoms with E-state index >= 15 is 0 Å². The number of fused-ring (bicyclic) bond motifs is 2. The Morgan fingerprint density at radius 2 is 2.18 bits per heavy atom. The number of allylic oxidation sites excluding steroid dienone is 1. The van der Waals surface area contributed by atoms with E-state index in [1.54, 1.807) is 25.1 Å². The summed E-state index contributed by atoms with van der Waals surface area (Å²) in [5.41, 5.74) is 8.24. The van der Waals surface area contributed by atoms with Crippen molar-refractivity contribution in [3.63, 3.8) is 0 Å². The first-order valence-corrected chi connectivity index (χ1v) is 11.2. The molecule has 0 unspecified atom stereocenters. The van der Waals surface area contributed by atoms with Crippen molar-refractivity contribution in [1.29, 1.82) is 5.26 Å². The Hall–Kier alpha value is -4.24. The minimum Gasteiger partial charge on any atom is -0.463 e. The quantitative estimate of drug-likeness (QED) is 0.304. The van der Waals surface area contributed by atoms with Crippen LogP contribution < -0.4 is 15.2 Å². The third-order valence-corrected chi connectivity index (χ3v) is 6.24. The molecule has 0 spiro atoms. The number of carbonyl (C=O) groups excluding carboxylic acids is 1. The topological polar surface area (TPSA) is 158 Å². The van der Waals surface area contributed by atoms with Crippen LogP contribution in [0.1, 0.15) is 18.4 Å². The summed E-state index contributed by atoms with van der Waals surface area (Å²) in [5, 5.41) is 10.5. The minimum atomic E-state index is -0.805. The smallest absolute Gasteiger partial charge is 0.338 e. The van der Waals surface area contributed by atoms with Gasteiger partial charge in [-0.3, -0.25) is 0 Å². The number of hydrogen-bond acceptors (Lipinski definition) is 11. The van der Waals surface area contributed by atoms with E-state index in [0.717, 1.165) is 0 Å². The van der Waals surface area contributed by atoms with Crippen molar-refractivity contribution in [1.82, 2.24) is 19.9 Å². The van der Waals surface area contributed by atoms with Crippen LogP contribution in [0.2, 0.25) is 0 Å².